The molecule has 2 aliphatic rings. The van der Waals surface area contributed by atoms with E-state index in [4.69, 9.17) is 23.2 Å². The lowest BCUT2D eigenvalue weighted by Gasteiger charge is -2.24. The zero-order valence-electron chi connectivity index (χ0n) is 31.9. The maximum Gasteiger partial charge on any atom is 0.292 e. The van der Waals surface area contributed by atoms with Gasteiger partial charge in [0.25, 0.3) is 24.3 Å². The van der Waals surface area contributed by atoms with Gasteiger partial charge >= 0.3 is 0 Å². The molecule has 1 fully saturated rings. The highest BCUT2D eigenvalue weighted by molar-refractivity contribution is 7.93. The SMILES string of the molecule is CC1Cc2c(C(F)F)nn(CC(=O)NC(Cc3cc(F)cc(F)c3)c3nc(-c4ccc(Cl)cn4)cc(=O)n3-c3ccc(Cl)c4c(N[S+]([O-])C5CC5)nn(CC(F)F)c34)c2C1(F)F. The molecular weight excluding hydrogens is 897 g/mol. The number of fused-ring (bicyclic) bond motifs is 2. The average molecular weight is 929 g/mol. The first kappa shape index (κ1) is 43.4. The van der Waals surface area contributed by atoms with Crippen molar-refractivity contribution in [2.24, 2.45) is 5.92 Å². The Morgan fingerprint density at radius 1 is 1.00 bits per heavy atom. The Labute approximate surface area is 358 Å². The van der Waals surface area contributed by atoms with E-state index in [2.05, 4.69) is 30.2 Å². The standard InChI is InChI=1S/C39H31Cl2F8N9O3S/c1-17-8-23-33(36(46)47)53-57(35(23)39(17,48)49)16-30(59)51-27(11-18-9-20(42)12-21(43)10-18)38-52-26(25-6-2-19(40)14-50-25)13-31(60)58(38)28-7-5-24(41)32-34(28)56(15-29(44)45)54-37(32)55-62(61)22-3-4-22/h2,5-7,9-10,12-14,17,22,27,29,36H,3-4,8,11,15-16H2,1H3,(H,51,59)(H,54,55). The number of carbonyl (C=O) groups excluding carboxylic acids is 1. The summed E-state index contributed by atoms with van der Waals surface area (Å²) in [5.41, 5.74) is -3.68. The molecule has 2 aliphatic carbocycles. The first-order valence-corrected chi connectivity index (χ1v) is 20.8. The van der Waals surface area contributed by atoms with Crippen molar-refractivity contribution >= 4 is 57.2 Å². The Balaban J connectivity index is 1.33. The van der Waals surface area contributed by atoms with Gasteiger partial charge in [-0.05, 0) is 48.4 Å². The van der Waals surface area contributed by atoms with Gasteiger partial charge in [0.2, 0.25) is 11.7 Å². The molecule has 3 unspecified atom stereocenters. The van der Waals surface area contributed by atoms with Gasteiger partial charge in [-0.2, -0.15) is 18.6 Å². The van der Waals surface area contributed by atoms with Crippen LogP contribution in [-0.4, -0.2) is 56.2 Å². The van der Waals surface area contributed by atoms with E-state index < -0.39 is 114 Å². The van der Waals surface area contributed by atoms with E-state index in [1.165, 1.54) is 30.5 Å². The third-order valence-electron chi connectivity index (χ3n) is 10.4. The number of alkyl halides is 6. The van der Waals surface area contributed by atoms with Crippen molar-refractivity contribution in [3.8, 4) is 17.1 Å². The molecule has 62 heavy (non-hydrogen) atoms. The summed E-state index contributed by atoms with van der Waals surface area (Å²) in [5, 5.41) is 10.4. The number of amides is 1. The fraction of sp³-hybridized carbons (Fsp3) is 0.333. The van der Waals surface area contributed by atoms with Gasteiger partial charge in [0.1, 0.15) is 47.2 Å². The molecule has 0 bridgehead atoms. The molecule has 0 radical (unpaired) electrons. The minimum atomic E-state index is -3.66. The molecule has 2 N–H and O–H groups in total. The minimum absolute atomic E-state index is 0.0228. The second kappa shape index (κ2) is 16.8. The van der Waals surface area contributed by atoms with Crippen molar-refractivity contribution in [3.63, 3.8) is 0 Å². The van der Waals surface area contributed by atoms with Crippen LogP contribution in [0.1, 0.15) is 60.6 Å². The second-order valence-electron chi connectivity index (χ2n) is 14.8. The third kappa shape index (κ3) is 8.46. The quantitative estimate of drug-likeness (QED) is 0.0821. The Kier molecular flexibility index (Phi) is 11.8. The van der Waals surface area contributed by atoms with Crippen molar-refractivity contribution < 1.29 is 44.5 Å². The van der Waals surface area contributed by atoms with Crippen LogP contribution in [0, 0.1) is 17.6 Å². The van der Waals surface area contributed by atoms with Crippen molar-refractivity contribution in [2.45, 2.75) is 75.8 Å². The molecule has 6 aromatic rings. The van der Waals surface area contributed by atoms with Crippen molar-refractivity contribution in [2.75, 3.05) is 4.72 Å². The smallest absolute Gasteiger partial charge is 0.292 e. The van der Waals surface area contributed by atoms with Crippen LogP contribution in [0.2, 0.25) is 10.0 Å². The van der Waals surface area contributed by atoms with E-state index in [9.17, 15) is 40.5 Å². The molecule has 23 heteroatoms. The van der Waals surface area contributed by atoms with Crippen LogP contribution >= 0.6 is 23.2 Å². The number of hydrogen-bond donors (Lipinski definition) is 2. The molecule has 1 saturated carbocycles. The molecule has 326 valence electrons. The Bertz CT molecular complexity index is 2750. The van der Waals surface area contributed by atoms with Gasteiger partial charge in [-0.25, -0.2) is 31.3 Å². The monoisotopic (exact) mass is 927 g/mol. The van der Waals surface area contributed by atoms with Crippen LogP contribution < -0.4 is 15.6 Å². The normalized spacial score (nSPS) is 16.9. The van der Waals surface area contributed by atoms with E-state index in [0.717, 1.165) is 34.4 Å². The van der Waals surface area contributed by atoms with Crippen LogP contribution in [0.4, 0.5) is 40.9 Å². The first-order chi connectivity index (χ1) is 29.4. The lowest BCUT2D eigenvalue weighted by atomic mass is 10.0. The minimum Gasteiger partial charge on any atom is -0.593 e. The van der Waals surface area contributed by atoms with Gasteiger partial charge in [-0.1, -0.05) is 30.1 Å². The van der Waals surface area contributed by atoms with E-state index in [1.807, 2.05) is 0 Å². The molecule has 1 amide bonds. The maximum absolute atomic E-state index is 15.5. The van der Waals surface area contributed by atoms with Gasteiger partial charge in [0, 0.05) is 49.1 Å². The van der Waals surface area contributed by atoms with Gasteiger partial charge in [-0.3, -0.25) is 28.5 Å². The summed E-state index contributed by atoms with van der Waals surface area (Å²) in [6.07, 6.45) is -4.76. The Hall–Kier alpha value is -5.25. The van der Waals surface area contributed by atoms with Gasteiger partial charge < -0.3 is 9.87 Å². The van der Waals surface area contributed by atoms with Gasteiger partial charge in [-0.15, -0.1) is 5.10 Å². The summed E-state index contributed by atoms with van der Waals surface area (Å²) in [7, 11) is 0. The summed E-state index contributed by atoms with van der Waals surface area (Å²) in [5.74, 6) is -8.82. The number of anilines is 1. The predicted octanol–water partition coefficient (Wildman–Crippen LogP) is 8.25. The molecular formula is C39H31Cl2F8N9O3S. The van der Waals surface area contributed by atoms with Crippen LogP contribution in [-0.2, 0) is 48.0 Å². The third-order valence-corrected chi connectivity index (χ3v) is 12.4. The zero-order chi connectivity index (χ0) is 44.4. The number of carbonyl (C=O) groups is 1. The van der Waals surface area contributed by atoms with E-state index in [-0.39, 0.29) is 54.7 Å². The van der Waals surface area contributed by atoms with Crippen LogP contribution in [0.5, 0.6) is 0 Å². The van der Waals surface area contributed by atoms with Crippen LogP contribution in [0.25, 0.3) is 28.0 Å². The van der Waals surface area contributed by atoms with Crippen molar-refractivity contribution in [3.05, 3.63) is 115 Å². The van der Waals surface area contributed by atoms with Gasteiger partial charge in [0.05, 0.1) is 55.4 Å². The highest BCUT2D eigenvalue weighted by Crippen LogP contribution is 2.48. The summed E-state index contributed by atoms with van der Waals surface area (Å²) < 4.78 is 135. The fourth-order valence-electron chi connectivity index (χ4n) is 7.47. The number of nitrogens with zero attached hydrogens (tertiary/aromatic N) is 7. The van der Waals surface area contributed by atoms with E-state index >= 15 is 8.78 Å². The summed E-state index contributed by atoms with van der Waals surface area (Å²) in [4.78, 5) is 37.5. The van der Waals surface area contributed by atoms with E-state index in [1.54, 1.807) is 0 Å². The molecule has 0 saturated heterocycles. The van der Waals surface area contributed by atoms with Crippen LogP contribution in [0.3, 0.4) is 0 Å². The van der Waals surface area contributed by atoms with E-state index in [0.29, 0.717) is 23.6 Å². The lowest BCUT2D eigenvalue weighted by molar-refractivity contribution is -0.123. The molecule has 4 aromatic heterocycles. The molecule has 12 nitrogen and oxygen atoms in total. The van der Waals surface area contributed by atoms with Crippen molar-refractivity contribution in [1.29, 1.82) is 0 Å². The number of hydrogen-bond acceptors (Lipinski definition) is 8. The molecule has 2 aromatic carbocycles. The first-order valence-electron chi connectivity index (χ1n) is 18.8. The van der Waals surface area contributed by atoms with Gasteiger partial charge in [0.15, 0.2) is 0 Å². The number of nitrogens with one attached hydrogen (secondary N) is 2. The Morgan fingerprint density at radius 3 is 2.37 bits per heavy atom. The molecule has 4 heterocycles. The predicted molar refractivity (Wildman–Crippen MR) is 212 cm³/mol. The molecule has 0 aliphatic heterocycles. The summed E-state index contributed by atoms with van der Waals surface area (Å²) in [6.45, 7) is -0.950. The largest absolute Gasteiger partial charge is 0.593 e. The molecule has 3 atom stereocenters. The zero-order valence-corrected chi connectivity index (χ0v) is 34.2. The fourth-order valence-corrected chi connectivity index (χ4v) is 8.89. The molecule has 0 spiro atoms. The average Bonchev–Trinajstić information content (AvgIpc) is 3.84. The second-order valence-corrected chi connectivity index (χ2v) is 17.2. The van der Waals surface area contributed by atoms with Crippen LogP contribution in [0.15, 0.2) is 59.5 Å². The lowest BCUT2D eigenvalue weighted by Crippen LogP contribution is -2.38. The summed E-state index contributed by atoms with van der Waals surface area (Å²) >= 11 is 11.0. The molecule has 8 rings (SSSR count). The topological polar surface area (TPSA) is 148 Å². The van der Waals surface area contributed by atoms with Crippen molar-refractivity contribution in [1.82, 2.24) is 39.4 Å². The highest BCUT2D eigenvalue weighted by atomic mass is 35.5. The maximum atomic E-state index is 15.5. The Morgan fingerprint density at radius 2 is 1.73 bits per heavy atom. The number of pyridine rings is 1. The number of halogens is 10. The highest BCUT2D eigenvalue weighted by Gasteiger charge is 2.51. The number of benzene rings is 2. The summed E-state index contributed by atoms with van der Waals surface area (Å²) in [6, 6.07) is 7.22. The number of rotatable bonds is 14. The number of aromatic nitrogens is 7.